The molecular formula is C15H21NO5. The quantitative estimate of drug-likeness (QED) is 0.579. The number of amides is 1. The summed E-state index contributed by atoms with van der Waals surface area (Å²) in [6, 6.07) is 6.46. The summed E-state index contributed by atoms with van der Waals surface area (Å²) in [5.41, 5.74) is 0.446. The lowest BCUT2D eigenvalue weighted by molar-refractivity contribution is -0.127. The maximum atomic E-state index is 11.7. The molecule has 0 bridgehead atoms. The molecule has 1 aromatic rings. The number of hydrogen-bond acceptors (Lipinski definition) is 5. The molecule has 1 amide bonds. The van der Waals surface area contributed by atoms with Gasteiger partial charge >= 0.3 is 5.97 Å². The fourth-order valence-electron chi connectivity index (χ4n) is 1.56. The van der Waals surface area contributed by atoms with E-state index in [-0.39, 0.29) is 11.9 Å². The minimum atomic E-state index is -0.629. The molecule has 1 rings (SSSR count). The van der Waals surface area contributed by atoms with E-state index in [2.05, 4.69) is 5.32 Å². The van der Waals surface area contributed by atoms with Gasteiger partial charge in [0.25, 0.3) is 5.91 Å². The van der Waals surface area contributed by atoms with Crippen molar-refractivity contribution in [2.75, 3.05) is 26.9 Å². The number of methoxy groups -OCH3 is 1. The SMILES string of the molecule is CCOC(=O)c1ccc(OC(C)C(=O)NCCOC)cc1. The lowest BCUT2D eigenvalue weighted by atomic mass is 10.2. The summed E-state index contributed by atoms with van der Waals surface area (Å²) in [5, 5.41) is 2.69. The number of rotatable bonds is 8. The molecule has 6 nitrogen and oxygen atoms in total. The first-order valence-corrected chi connectivity index (χ1v) is 6.79. The van der Waals surface area contributed by atoms with Crippen LogP contribution in [-0.4, -0.2) is 44.8 Å². The van der Waals surface area contributed by atoms with Crippen LogP contribution in [0.4, 0.5) is 0 Å². The summed E-state index contributed by atoms with van der Waals surface area (Å²) in [4.78, 5) is 23.2. The van der Waals surface area contributed by atoms with E-state index in [0.717, 1.165) is 0 Å². The zero-order valence-corrected chi connectivity index (χ0v) is 12.5. The van der Waals surface area contributed by atoms with Gasteiger partial charge in [0.05, 0.1) is 18.8 Å². The first-order valence-electron chi connectivity index (χ1n) is 6.79. The summed E-state index contributed by atoms with van der Waals surface area (Å²) in [6.45, 7) is 4.62. The van der Waals surface area contributed by atoms with Crippen LogP contribution in [-0.2, 0) is 14.3 Å². The van der Waals surface area contributed by atoms with Crippen LogP contribution >= 0.6 is 0 Å². The molecule has 0 aliphatic rings. The van der Waals surface area contributed by atoms with Gasteiger partial charge in [-0.3, -0.25) is 4.79 Å². The van der Waals surface area contributed by atoms with Crippen LogP contribution in [0.2, 0.25) is 0 Å². The highest BCUT2D eigenvalue weighted by Crippen LogP contribution is 2.14. The summed E-state index contributed by atoms with van der Waals surface area (Å²) in [6.07, 6.45) is -0.629. The predicted octanol–water partition coefficient (Wildman–Crippen LogP) is 1.39. The molecule has 0 saturated carbocycles. The highest BCUT2D eigenvalue weighted by atomic mass is 16.5. The van der Waals surface area contributed by atoms with E-state index in [1.807, 2.05) is 0 Å². The minimum Gasteiger partial charge on any atom is -0.481 e. The Morgan fingerprint density at radius 3 is 2.48 bits per heavy atom. The third-order valence-corrected chi connectivity index (χ3v) is 2.65. The van der Waals surface area contributed by atoms with Crippen LogP contribution in [0.5, 0.6) is 5.75 Å². The molecule has 1 N–H and O–H groups in total. The van der Waals surface area contributed by atoms with Gasteiger partial charge in [-0.1, -0.05) is 0 Å². The second kappa shape index (κ2) is 8.97. The molecule has 1 aromatic carbocycles. The van der Waals surface area contributed by atoms with Gasteiger partial charge < -0.3 is 19.5 Å². The Hall–Kier alpha value is -2.08. The second-order valence-corrected chi connectivity index (χ2v) is 4.29. The maximum absolute atomic E-state index is 11.7. The summed E-state index contributed by atoms with van der Waals surface area (Å²) < 4.78 is 15.2. The first-order chi connectivity index (χ1) is 10.1. The lowest BCUT2D eigenvalue weighted by Gasteiger charge is -2.14. The lowest BCUT2D eigenvalue weighted by Crippen LogP contribution is -2.37. The Labute approximate surface area is 124 Å². The molecule has 0 saturated heterocycles. The maximum Gasteiger partial charge on any atom is 0.338 e. The molecule has 0 heterocycles. The van der Waals surface area contributed by atoms with Crippen molar-refractivity contribution in [3.8, 4) is 5.75 Å². The minimum absolute atomic E-state index is 0.221. The molecule has 0 spiro atoms. The van der Waals surface area contributed by atoms with Gasteiger partial charge in [-0.05, 0) is 38.1 Å². The van der Waals surface area contributed by atoms with Gasteiger partial charge in [-0.15, -0.1) is 0 Å². The Morgan fingerprint density at radius 2 is 1.90 bits per heavy atom. The van der Waals surface area contributed by atoms with Crippen molar-refractivity contribution in [3.63, 3.8) is 0 Å². The van der Waals surface area contributed by atoms with Gasteiger partial charge in [0.2, 0.25) is 0 Å². The second-order valence-electron chi connectivity index (χ2n) is 4.29. The third-order valence-electron chi connectivity index (χ3n) is 2.65. The molecule has 116 valence electrons. The Kier molecular flexibility index (Phi) is 7.25. The normalized spacial score (nSPS) is 11.6. The van der Waals surface area contributed by atoms with E-state index in [0.29, 0.717) is 31.1 Å². The largest absolute Gasteiger partial charge is 0.481 e. The van der Waals surface area contributed by atoms with Crippen molar-refractivity contribution in [2.45, 2.75) is 20.0 Å². The summed E-state index contributed by atoms with van der Waals surface area (Å²) in [7, 11) is 1.57. The molecule has 6 heteroatoms. The van der Waals surface area contributed by atoms with Crippen molar-refractivity contribution in [3.05, 3.63) is 29.8 Å². The van der Waals surface area contributed by atoms with Gasteiger partial charge in [0.15, 0.2) is 6.10 Å². The van der Waals surface area contributed by atoms with Gasteiger partial charge in [0.1, 0.15) is 5.75 Å². The van der Waals surface area contributed by atoms with E-state index in [9.17, 15) is 9.59 Å². The van der Waals surface area contributed by atoms with Gasteiger partial charge in [-0.2, -0.15) is 0 Å². The van der Waals surface area contributed by atoms with Gasteiger partial charge in [-0.25, -0.2) is 4.79 Å². The molecule has 0 fully saturated rings. The van der Waals surface area contributed by atoms with E-state index in [4.69, 9.17) is 14.2 Å². The first kappa shape index (κ1) is 17.0. The molecule has 0 aliphatic heterocycles. The van der Waals surface area contributed by atoms with Crippen LogP contribution < -0.4 is 10.1 Å². The molecule has 1 unspecified atom stereocenters. The van der Waals surface area contributed by atoms with E-state index < -0.39 is 6.10 Å². The highest BCUT2D eigenvalue weighted by Gasteiger charge is 2.14. The van der Waals surface area contributed by atoms with E-state index in [1.54, 1.807) is 45.2 Å². The van der Waals surface area contributed by atoms with Crippen molar-refractivity contribution in [1.82, 2.24) is 5.32 Å². The van der Waals surface area contributed by atoms with Gasteiger partial charge in [0, 0.05) is 13.7 Å². The highest BCUT2D eigenvalue weighted by molar-refractivity contribution is 5.89. The van der Waals surface area contributed by atoms with Crippen molar-refractivity contribution >= 4 is 11.9 Å². The number of nitrogens with one attached hydrogen (secondary N) is 1. The number of ether oxygens (including phenoxy) is 3. The average molecular weight is 295 g/mol. The van der Waals surface area contributed by atoms with E-state index in [1.165, 1.54) is 0 Å². The fourth-order valence-corrected chi connectivity index (χ4v) is 1.56. The van der Waals surface area contributed by atoms with E-state index >= 15 is 0 Å². The van der Waals surface area contributed by atoms with Crippen molar-refractivity contribution < 1.29 is 23.8 Å². The predicted molar refractivity (Wildman–Crippen MR) is 77.4 cm³/mol. The smallest absolute Gasteiger partial charge is 0.338 e. The number of esters is 1. The standard InChI is InChI=1S/C15H21NO5/c1-4-20-15(18)12-5-7-13(8-6-12)21-11(2)14(17)16-9-10-19-3/h5-8,11H,4,9-10H2,1-3H3,(H,16,17). The zero-order valence-electron chi connectivity index (χ0n) is 12.5. The van der Waals surface area contributed by atoms with Crippen LogP contribution in [0.15, 0.2) is 24.3 Å². The molecule has 0 aromatic heterocycles. The number of benzene rings is 1. The molecular weight excluding hydrogens is 274 g/mol. The molecule has 0 radical (unpaired) electrons. The number of carbonyl (C=O) groups excluding carboxylic acids is 2. The topological polar surface area (TPSA) is 73.9 Å². The van der Waals surface area contributed by atoms with Crippen LogP contribution in [0, 0.1) is 0 Å². The van der Waals surface area contributed by atoms with Crippen LogP contribution in [0.25, 0.3) is 0 Å². The van der Waals surface area contributed by atoms with Crippen LogP contribution in [0.1, 0.15) is 24.2 Å². The number of hydrogen-bond donors (Lipinski definition) is 1. The zero-order chi connectivity index (χ0) is 15.7. The summed E-state index contributed by atoms with van der Waals surface area (Å²) in [5.74, 6) is -0.0895. The van der Waals surface area contributed by atoms with Crippen molar-refractivity contribution in [1.29, 1.82) is 0 Å². The van der Waals surface area contributed by atoms with Crippen LogP contribution in [0.3, 0.4) is 0 Å². The molecule has 1 atom stereocenters. The summed E-state index contributed by atoms with van der Waals surface area (Å²) >= 11 is 0. The Bertz CT molecular complexity index is 458. The monoisotopic (exact) mass is 295 g/mol. The third kappa shape index (κ3) is 5.83. The Morgan fingerprint density at radius 1 is 1.24 bits per heavy atom. The Balaban J connectivity index is 2.51. The number of carbonyl (C=O) groups is 2. The molecule has 21 heavy (non-hydrogen) atoms. The average Bonchev–Trinajstić information content (AvgIpc) is 2.48. The molecule has 0 aliphatic carbocycles. The fraction of sp³-hybridized carbons (Fsp3) is 0.467. The van der Waals surface area contributed by atoms with Crippen molar-refractivity contribution in [2.24, 2.45) is 0 Å².